The zero-order valence-electron chi connectivity index (χ0n) is 25.1. The topological polar surface area (TPSA) is 178 Å². The van der Waals surface area contributed by atoms with Crippen LogP contribution in [0.5, 0.6) is 11.5 Å². The van der Waals surface area contributed by atoms with Crippen molar-refractivity contribution in [1.29, 1.82) is 0 Å². The maximum atomic E-state index is 12.0. The van der Waals surface area contributed by atoms with Gasteiger partial charge in [0.1, 0.15) is 31.4 Å². The fourth-order valence-corrected chi connectivity index (χ4v) is 6.18. The van der Waals surface area contributed by atoms with Gasteiger partial charge in [0.25, 0.3) is 9.05 Å². The van der Waals surface area contributed by atoms with E-state index in [0.29, 0.717) is 0 Å². The van der Waals surface area contributed by atoms with Gasteiger partial charge in [-0.1, -0.05) is 35.4 Å². The van der Waals surface area contributed by atoms with Crippen molar-refractivity contribution in [1.82, 2.24) is 0 Å². The van der Waals surface area contributed by atoms with E-state index in [4.69, 9.17) is 75.3 Å². The maximum absolute atomic E-state index is 12.0. The summed E-state index contributed by atoms with van der Waals surface area (Å²) >= 11 is 24.9. The largest absolute Gasteiger partial charge is 1.00 e. The molecule has 4 rings (SSSR count). The van der Waals surface area contributed by atoms with Crippen LogP contribution in [0.15, 0.2) is 117 Å². The summed E-state index contributed by atoms with van der Waals surface area (Å²) in [5, 5.41) is 0. The first-order valence-corrected chi connectivity index (χ1v) is 25.6. The molecule has 0 saturated heterocycles. The first kappa shape index (κ1) is 46.4. The summed E-state index contributed by atoms with van der Waals surface area (Å²) in [4.78, 5) is -0.595. The van der Waals surface area contributed by atoms with Gasteiger partial charge < -0.3 is 12.9 Å². The molecule has 23 heteroatoms. The third-order valence-electron chi connectivity index (χ3n) is 5.25. The Kier molecular flexibility index (Phi) is 17.0. The van der Waals surface area contributed by atoms with Crippen molar-refractivity contribution >= 4 is 110 Å². The SMILES string of the molecule is Cc1ccc(S(=O)(=O)Oc2ccc(S(=O)(=O)Cl)cc2)cc1.Cc1ccc(S(=O)(=O)Oc2ccc(S(=O)(=O)[O-])cc2)cc1.ClP(Cl)(Cl)(Cl)Cl.[Na+]. The number of rotatable bonds is 8. The molecule has 0 radical (unpaired) electrons. The van der Waals surface area contributed by atoms with E-state index in [0.717, 1.165) is 35.4 Å². The number of halogens is 6. The van der Waals surface area contributed by atoms with Crippen molar-refractivity contribution in [2.45, 2.75) is 33.4 Å². The Labute approximate surface area is 335 Å². The molecule has 0 bridgehead atoms. The van der Waals surface area contributed by atoms with Gasteiger partial charge in [0.15, 0.2) is 0 Å². The van der Waals surface area contributed by atoms with Crippen molar-refractivity contribution in [2.75, 3.05) is 0 Å². The predicted octanol–water partition coefficient (Wildman–Crippen LogP) is 5.67. The molecule has 0 aliphatic rings. The Morgan fingerprint density at radius 1 is 0.490 bits per heavy atom. The molecule has 11 nitrogen and oxygen atoms in total. The van der Waals surface area contributed by atoms with Crippen molar-refractivity contribution in [2.24, 2.45) is 0 Å². The Bertz CT molecular complexity index is 2000. The molecule has 264 valence electrons. The zero-order valence-corrected chi connectivity index (χ0v) is 35.8. The standard InChI is InChI=1S/C13H11ClO5S2.C13H12O6S2.Cl5P.Na/c2*1-10-2-6-13(7-3-10)21(17,18)19-11-4-8-12(9-5-11)20(14,15)16;1-6(2,3,4)5;/h2-9H,1H3;2-9H,1H3,(H,14,15,16);;/q;;;+1/p-1. The molecule has 0 N–H and O–H groups in total. The molecule has 0 unspecified atom stereocenters. The average molecular weight is 905 g/mol. The smallest absolute Gasteiger partial charge is 1.00 e. The number of aryl methyl sites for hydroxylation is 2. The summed E-state index contributed by atoms with van der Waals surface area (Å²) in [6.45, 7) is 3.65. The molecule has 0 aliphatic carbocycles. The number of hydrogen-bond donors (Lipinski definition) is 0. The third-order valence-corrected chi connectivity index (χ3v) is 9.99. The van der Waals surface area contributed by atoms with Gasteiger partial charge in [-0.05, 0) is 86.6 Å². The second-order valence-corrected chi connectivity index (χ2v) is 32.8. The van der Waals surface area contributed by atoms with Gasteiger partial charge in [-0.25, -0.2) is 16.8 Å². The number of hydrogen-bond acceptors (Lipinski definition) is 11. The summed E-state index contributed by atoms with van der Waals surface area (Å²) in [5.74, 6) is -0.0809. The fraction of sp³-hybridized carbons (Fsp3) is 0.0769. The van der Waals surface area contributed by atoms with Crippen LogP contribution in [-0.4, -0.2) is 38.2 Å². The summed E-state index contributed by atoms with van der Waals surface area (Å²) < 4.78 is 109. The Morgan fingerprint density at radius 3 is 0.980 bits per heavy atom. The van der Waals surface area contributed by atoms with Crippen LogP contribution in [-0.2, 0) is 39.4 Å². The molecule has 0 aliphatic heterocycles. The van der Waals surface area contributed by atoms with Crippen LogP contribution in [0.1, 0.15) is 11.1 Å². The Hall–Kier alpha value is -0.590. The van der Waals surface area contributed by atoms with E-state index in [1.807, 2.05) is 13.8 Å². The Balaban J connectivity index is 0.000000413. The minimum absolute atomic E-state index is 0. The van der Waals surface area contributed by atoms with Gasteiger partial charge >= 0.3 is 109 Å². The van der Waals surface area contributed by atoms with Gasteiger partial charge in [0.05, 0.1) is 9.79 Å². The zero-order chi connectivity index (χ0) is 36.8. The van der Waals surface area contributed by atoms with Crippen LogP contribution in [0.2, 0.25) is 0 Å². The predicted molar refractivity (Wildman–Crippen MR) is 188 cm³/mol. The Morgan fingerprint density at radius 2 is 0.735 bits per heavy atom. The second kappa shape index (κ2) is 18.0. The molecule has 0 saturated carbocycles. The van der Waals surface area contributed by atoms with Crippen LogP contribution in [0.3, 0.4) is 0 Å². The van der Waals surface area contributed by atoms with Crippen LogP contribution in [0, 0.1) is 13.8 Å². The summed E-state index contributed by atoms with van der Waals surface area (Å²) in [5.41, 5.74) is 1.82. The summed E-state index contributed by atoms with van der Waals surface area (Å²) in [7, 11) is -11.2. The monoisotopic (exact) mass is 902 g/mol. The molecule has 0 amide bonds. The molecule has 4 aromatic rings. The first-order chi connectivity index (χ1) is 21.6. The molecule has 0 fully saturated rings. The normalized spacial score (nSPS) is 12.7. The van der Waals surface area contributed by atoms with Crippen molar-refractivity contribution < 1.29 is 76.1 Å². The molecule has 0 atom stereocenters. The molecule has 49 heavy (non-hydrogen) atoms. The van der Waals surface area contributed by atoms with Crippen LogP contribution in [0.25, 0.3) is 0 Å². The molecular weight excluding hydrogens is 883 g/mol. The molecule has 0 spiro atoms. The third kappa shape index (κ3) is 18.1. The van der Waals surface area contributed by atoms with Crippen LogP contribution < -0.4 is 37.9 Å². The van der Waals surface area contributed by atoms with Crippen LogP contribution in [0.4, 0.5) is 0 Å². The maximum Gasteiger partial charge on any atom is 1.00 e. The van der Waals surface area contributed by atoms with E-state index in [2.05, 4.69) is 0 Å². The fourth-order valence-electron chi connectivity index (χ4n) is 3.08. The van der Waals surface area contributed by atoms with Crippen molar-refractivity contribution in [3.8, 4) is 11.5 Å². The van der Waals surface area contributed by atoms with Gasteiger partial charge in [0, 0.05) is 10.7 Å². The first-order valence-electron chi connectivity index (χ1n) is 12.3. The minimum Gasteiger partial charge on any atom is 1.00 e. The number of benzene rings is 4. The minimum atomic E-state index is -4.58. The molecule has 0 heterocycles. The van der Waals surface area contributed by atoms with E-state index in [9.17, 15) is 38.2 Å². The van der Waals surface area contributed by atoms with Crippen LogP contribution >= 0.6 is 70.3 Å². The molecular formula is C26H22Cl6NaO11PS4. The quantitative estimate of drug-likeness (QED) is 0.0700. The van der Waals surface area contributed by atoms with E-state index in [1.54, 1.807) is 24.3 Å². The van der Waals surface area contributed by atoms with Gasteiger partial charge in [-0.2, -0.15) is 16.8 Å². The second-order valence-electron chi connectivity index (χ2n) is 9.17. The van der Waals surface area contributed by atoms with Crippen molar-refractivity contribution in [3.05, 3.63) is 108 Å². The summed E-state index contributed by atoms with van der Waals surface area (Å²) in [6, 6.07) is 21.2. The van der Waals surface area contributed by atoms with Gasteiger partial charge in [0.2, 0.25) is 0 Å². The van der Waals surface area contributed by atoms with E-state index in [1.165, 1.54) is 48.5 Å². The van der Waals surface area contributed by atoms with Crippen molar-refractivity contribution in [3.63, 3.8) is 0 Å². The summed E-state index contributed by atoms with van der Waals surface area (Å²) in [6.07, 6.45) is 0. The van der Waals surface area contributed by atoms with E-state index >= 15 is 0 Å². The molecule has 0 aromatic heterocycles. The molecule has 4 aromatic carbocycles. The van der Waals surface area contributed by atoms with E-state index < -0.39 is 47.7 Å². The van der Waals surface area contributed by atoms with E-state index in [-0.39, 0.29) is 55.7 Å². The van der Waals surface area contributed by atoms with Gasteiger partial charge in [-0.3, -0.25) is 0 Å². The average Bonchev–Trinajstić information content (AvgIpc) is 2.92. The van der Waals surface area contributed by atoms with Gasteiger partial charge in [-0.15, -0.1) is 0 Å².